The Bertz CT molecular complexity index is 945. The highest BCUT2D eigenvalue weighted by atomic mass is 32.2. The maximum absolute atomic E-state index is 12.8. The van der Waals surface area contributed by atoms with Crippen LogP contribution in [0.3, 0.4) is 0 Å². The maximum Gasteiger partial charge on any atom is 0.232 e. The van der Waals surface area contributed by atoms with Crippen LogP contribution in [0.15, 0.2) is 48.5 Å². The van der Waals surface area contributed by atoms with E-state index in [1.54, 1.807) is 25.1 Å². The van der Waals surface area contributed by atoms with Gasteiger partial charge in [0.05, 0.1) is 17.4 Å². The van der Waals surface area contributed by atoms with Gasteiger partial charge in [-0.25, -0.2) is 8.42 Å². The Balaban J connectivity index is 1.60. The molecular weight excluding hydrogens is 386 g/mol. The highest BCUT2D eigenvalue weighted by molar-refractivity contribution is 7.92. The van der Waals surface area contributed by atoms with Crippen molar-refractivity contribution < 1.29 is 13.2 Å². The zero-order chi connectivity index (χ0) is 20.9. The van der Waals surface area contributed by atoms with E-state index in [1.807, 2.05) is 25.1 Å². The molecule has 29 heavy (non-hydrogen) atoms. The monoisotopic (exact) mass is 415 g/mol. The van der Waals surface area contributed by atoms with Crippen LogP contribution in [0.5, 0.6) is 0 Å². The Morgan fingerprint density at radius 2 is 1.93 bits per heavy atom. The fourth-order valence-electron chi connectivity index (χ4n) is 3.59. The summed E-state index contributed by atoms with van der Waals surface area (Å²) in [5, 5.41) is 3.00. The average molecular weight is 416 g/mol. The number of amides is 1. The van der Waals surface area contributed by atoms with E-state index < -0.39 is 10.0 Å². The van der Waals surface area contributed by atoms with Crippen LogP contribution in [-0.4, -0.2) is 38.1 Å². The summed E-state index contributed by atoms with van der Waals surface area (Å²) in [6, 6.07) is 15.5. The molecule has 1 amide bonds. The zero-order valence-electron chi connectivity index (χ0n) is 17.0. The van der Waals surface area contributed by atoms with Gasteiger partial charge >= 0.3 is 0 Å². The number of hydrogen-bond donors (Lipinski definition) is 2. The number of nitrogens with zero attached hydrogens (tertiary/aromatic N) is 1. The highest BCUT2D eigenvalue weighted by Gasteiger charge is 2.26. The second-order valence-corrected chi connectivity index (χ2v) is 9.60. The Morgan fingerprint density at radius 3 is 2.62 bits per heavy atom. The molecule has 1 atom stereocenters. The lowest BCUT2D eigenvalue weighted by atomic mass is 9.96. The second-order valence-electron chi connectivity index (χ2n) is 7.58. The summed E-state index contributed by atoms with van der Waals surface area (Å²) in [5.74, 6) is -0.0124. The molecule has 1 unspecified atom stereocenters. The van der Waals surface area contributed by atoms with Crippen molar-refractivity contribution in [1.29, 1.82) is 0 Å². The topological polar surface area (TPSA) is 78.5 Å². The van der Waals surface area contributed by atoms with Gasteiger partial charge in [-0.05, 0) is 62.6 Å². The third-order valence-corrected chi connectivity index (χ3v) is 6.56. The van der Waals surface area contributed by atoms with Crippen molar-refractivity contribution >= 4 is 27.3 Å². The van der Waals surface area contributed by atoms with Crippen molar-refractivity contribution in [1.82, 2.24) is 4.90 Å². The Morgan fingerprint density at radius 1 is 1.17 bits per heavy atom. The molecule has 0 spiro atoms. The fourth-order valence-corrected chi connectivity index (χ4v) is 4.30. The van der Waals surface area contributed by atoms with Gasteiger partial charge in [0, 0.05) is 18.8 Å². The van der Waals surface area contributed by atoms with Crippen molar-refractivity contribution in [2.45, 2.75) is 33.2 Å². The van der Waals surface area contributed by atoms with Crippen molar-refractivity contribution in [3.05, 3.63) is 59.7 Å². The third-order valence-electron chi connectivity index (χ3n) is 5.26. The minimum Gasteiger partial charge on any atom is -0.326 e. The molecule has 1 aliphatic rings. The Hall–Kier alpha value is -2.38. The molecule has 0 radical (unpaired) electrons. The summed E-state index contributed by atoms with van der Waals surface area (Å²) in [7, 11) is -3.32. The lowest BCUT2D eigenvalue weighted by Gasteiger charge is -2.32. The van der Waals surface area contributed by atoms with E-state index in [9.17, 15) is 13.2 Å². The lowest BCUT2D eigenvalue weighted by Crippen LogP contribution is -2.40. The van der Waals surface area contributed by atoms with Gasteiger partial charge in [0.25, 0.3) is 0 Å². The number of piperidine rings is 1. The van der Waals surface area contributed by atoms with E-state index in [0.717, 1.165) is 38.0 Å². The molecule has 6 nitrogen and oxygen atoms in total. The number of nitrogens with one attached hydrogen (secondary N) is 2. The standard InChI is InChI=1S/C22H29N3O3S/c1-3-29(27,28)24-21-12-11-20(14-17(21)2)23-22(26)19-10-7-13-25(16-19)15-18-8-5-4-6-9-18/h4-6,8-9,11-12,14,19,24H,3,7,10,13,15-16H2,1-2H3,(H,23,26). The lowest BCUT2D eigenvalue weighted by molar-refractivity contribution is -0.121. The van der Waals surface area contributed by atoms with Crippen molar-refractivity contribution in [2.75, 3.05) is 28.9 Å². The SMILES string of the molecule is CCS(=O)(=O)Nc1ccc(NC(=O)C2CCCN(Cc3ccccc3)C2)cc1C. The molecular formula is C22H29N3O3S. The number of rotatable bonds is 7. The number of aryl methyl sites for hydroxylation is 1. The van der Waals surface area contributed by atoms with Crippen molar-refractivity contribution in [3.8, 4) is 0 Å². The molecule has 1 fully saturated rings. The van der Waals surface area contributed by atoms with E-state index in [4.69, 9.17) is 0 Å². The number of likely N-dealkylation sites (tertiary alicyclic amines) is 1. The van der Waals surface area contributed by atoms with Gasteiger partial charge in [-0.15, -0.1) is 0 Å². The van der Waals surface area contributed by atoms with Crippen molar-refractivity contribution in [2.24, 2.45) is 5.92 Å². The summed E-state index contributed by atoms with van der Waals surface area (Å²) in [4.78, 5) is 15.1. The quantitative estimate of drug-likeness (QED) is 0.724. The minimum atomic E-state index is -3.32. The first-order valence-corrected chi connectivity index (χ1v) is 11.7. The van der Waals surface area contributed by atoms with E-state index in [0.29, 0.717) is 11.4 Å². The molecule has 2 aromatic rings. The predicted octanol–water partition coefficient (Wildman–Crippen LogP) is 3.61. The molecule has 2 N–H and O–H groups in total. The molecule has 3 rings (SSSR count). The van der Waals surface area contributed by atoms with E-state index in [-0.39, 0.29) is 17.6 Å². The molecule has 7 heteroatoms. The van der Waals surface area contributed by atoms with Crippen LogP contribution in [-0.2, 0) is 21.4 Å². The van der Waals surface area contributed by atoms with E-state index >= 15 is 0 Å². The van der Waals surface area contributed by atoms with Crippen LogP contribution in [0.1, 0.15) is 30.9 Å². The third kappa shape index (κ3) is 6.05. The van der Waals surface area contributed by atoms with Gasteiger partial charge in [0.1, 0.15) is 0 Å². The minimum absolute atomic E-state index is 0.0176. The largest absolute Gasteiger partial charge is 0.326 e. The zero-order valence-corrected chi connectivity index (χ0v) is 17.8. The average Bonchev–Trinajstić information content (AvgIpc) is 2.71. The number of carbonyl (C=O) groups is 1. The van der Waals surface area contributed by atoms with Gasteiger partial charge in [0.15, 0.2) is 0 Å². The smallest absolute Gasteiger partial charge is 0.232 e. The molecule has 1 saturated heterocycles. The number of sulfonamides is 1. The van der Waals surface area contributed by atoms with Crippen LogP contribution in [0.2, 0.25) is 0 Å². The number of anilines is 2. The normalized spacial score (nSPS) is 17.7. The van der Waals surface area contributed by atoms with Gasteiger partial charge in [-0.2, -0.15) is 0 Å². The van der Waals surface area contributed by atoms with Crippen molar-refractivity contribution in [3.63, 3.8) is 0 Å². The molecule has 1 heterocycles. The van der Waals surface area contributed by atoms with E-state index in [2.05, 4.69) is 27.1 Å². The van der Waals surface area contributed by atoms with Gasteiger partial charge in [-0.1, -0.05) is 30.3 Å². The second kappa shape index (κ2) is 9.41. The summed E-state index contributed by atoms with van der Waals surface area (Å²) >= 11 is 0. The molecule has 1 aliphatic heterocycles. The summed E-state index contributed by atoms with van der Waals surface area (Å²) < 4.78 is 26.1. The number of hydrogen-bond acceptors (Lipinski definition) is 4. The molecule has 0 bridgehead atoms. The molecule has 0 aliphatic carbocycles. The van der Waals surface area contributed by atoms with Crippen LogP contribution in [0, 0.1) is 12.8 Å². The van der Waals surface area contributed by atoms with Gasteiger partial charge in [-0.3, -0.25) is 14.4 Å². The first kappa shape index (κ1) is 21.3. The Labute approximate surface area is 173 Å². The molecule has 0 saturated carbocycles. The van der Waals surface area contributed by atoms with E-state index in [1.165, 1.54) is 5.56 Å². The summed E-state index contributed by atoms with van der Waals surface area (Å²) in [6.07, 6.45) is 1.88. The van der Waals surface area contributed by atoms with Crippen LogP contribution in [0.25, 0.3) is 0 Å². The molecule has 2 aromatic carbocycles. The number of benzene rings is 2. The number of carbonyl (C=O) groups excluding carboxylic acids is 1. The van der Waals surface area contributed by atoms with Gasteiger partial charge < -0.3 is 5.32 Å². The Kier molecular flexibility index (Phi) is 6.92. The highest BCUT2D eigenvalue weighted by Crippen LogP contribution is 2.24. The predicted molar refractivity (Wildman–Crippen MR) is 117 cm³/mol. The molecule has 156 valence electrons. The maximum atomic E-state index is 12.8. The first-order valence-electron chi connectivity index (χ1n) is 10.0. The summed E-state index contributed by atoms with van der Waals surface area (Å²) in [5.41, 5.74) is 3.26. The molecule has 0 aromatic heterocycles. The van der Waals surface area contributed by atoms with Gasteiger partial charge in [0.2, 0.25) is 15.9 Å². The van der Waals surface area contributed by atoms with Crippen LogP contribution in [0.4, 0.5) is 11.4 Å². The summed E-state index contributed by atoms with van der Waals surface area (Å²) in [6.45, 7) is 6.02. The van der Waals surface area contributed by atoms with Crippen LogP contribution < -0.4 is 10.0 Å². The van der Waals surface area contributed by atoms with Crippen LogP contribution >= 0.6 is 0 Å². The fraction of sp³-hybridized carbons (Fsp3) is 0.409. The first-order chi connectivity index (χ1) is 13.9.